The fourth-order valence-corrected chi connectivity index (χ4v) is 4.65. The van der Waals surface area contributed by atoms with Crippen molar-refractivity contribution in [2.45, 2.75) is 30.4 Å². The quantitative estimate of drug-likeness (QED) is 0.661. The standard InChI is InChI=1S/C11H12Cl2N2O5S/c1-11(5-2-6-20-11)14-21(18,19)10-7(12)3-4-8(9(10)13)15(16)17/h3-4,14H,2,5-6H2,1H3. The van der Waals surface area contributed by atoms with Crippen LogP contribution in [0.5, 0.6) is 0 Å². The molecule has 0 aromatic heterocycles. The first-order valence-electron chi connectivity index (χ1n) is 5.97. The van der Waals surface area contributed by atoms with Crippen LogP contribution in [0.2, 0.25) is 10.0 Å². The SMILES string of the molecule is CC1(NS(=O)(=O)c2c(Cl)ccc([N+](=O)[O-])c2Cl)CCCO1. The van der Waals surface area contributed by atoms with Crippen LogP contribution < -0.4 is 4.72 Å². The molecule has 1 unspecified atom stereocenters. The van der Waals surface area contributed by atoms with Crippen molar-refractivity contribution in [3.63, 3.8) is 0 Å². The number of rotatable bonds is 4. The second-order valence-electron chi connectivity index (χ2n) is 4.76. The van der Waals surface area contributed by atoms with Crippen molar-refractivity contribution in [2.75, 3.05) is 6.61 Å². The molecule has 7 nitrogen and oxygen atoms in total. The Labute approximate surface area is 131 Å². The number of nitrogens with one attached hydrogen (secondary N) is 1. The number of nitrogens with zero attached hydrogens (tertiary/aromatic N) is 1. The molecule has 2 rings (SSSR count). The largest absolute Gasteiger partial charge is 0.360 e. The highest BCUT2D eigenvalue weighted by Gasteiger charge is 2.37. The highest BCUT2D eigenvalue weighted by Crippen LogP contribution is 2.37. The van der Waals surface area contributed by atoms with Crippen LogP contribution in [-0.2, 0) is 14.8 Å². The minimum absolute atomic E-state index is 0.195. The van der Waals surface area contributed by atoms with Crippen LogP contribution >= 0.6 is 23.2 Å². The van der Waals surface area contributed by atoms with Crippen LogP contribution in [0.1, 0.15) is 19.8 Å². The Kier molecular flexibility index (Phi) is 4.46. The number of ether oxygens (including phenoxy) is 1. The summed E-state index contributed by atoms with van der Waals surface area (Å²) in [6.07, 6.45) is 1.19. The predicted octanol–water partition coefficient (Wildman–Crippen LogP) is 2.71. The van der Waals surface area contributed by atoms with Gasteiger partial charge in [0, 0.05) is 12.7 Å². The van der Waals surface area contributed by atoms with E-state index in [0.717, 1.165) is 12.1 Å². The van der Waals surface area contributed by atoms with Crippen molar-refractivity contribution in [1.29, 1.82) is 0 Å². The molecule has 1 aromatic rings. The van der Waals surface area contributed by atoms with Gasteiger partial charge in [-0.15, -0.1) is 0 Å². The molecule has 116 valence electrons. The van der Waals surface area contributed by atoms with Crippen LogP contribution in [0.15, 0.2) is 17.0 Å². The zero-order chi connectivity index (χ0) is 15.8. The van der Waals surface area contributed by atoms with Crippen molar-refractivity contribution in [1.82, 2.24) is 4.72 Å². The van der Waals surface area contributed by atoms with Crippen molar-refractivity contribution in [3.8, 4) is 0 Å². The molecule has 0 spiro atoms. The Morgan fingerprint density at radius 2 is 2.10 bits per heavy atom. The number of sulfonamides is 1. The first-order valence-corrected chi connectivity index (χ1v) is 8.20. The molecule has 1 aliphatic heterocycles. The van der Waals surface area contributed by atoms with Gasteiger partial charge >= 0.3 is 0 Å². The predicted molar refractivity (Wildman–Crippen MR) is 77.0 cm³/mol. The number of halogens is 2. The lowest BCUT2D eigenvalue weighted by Crippen LogP contribution is -2.45. The maximum Gasteiger partial charge on any atom is 0.289 e. The summed E-state index contributed by atoms with van der Waals surface area (Å²) in [6.45, 7) is 2.01. The van der Waals surface area contributed by atoms with Gasteiger partial charge in [0.2, 0.25) is 10.0 Å². The molecule has 0 saturated carbocycles. The van der Waals surface area contributed by atoms with Gasteiger partial charge in [0.15, 0.2) is 0 Å². The molecular formula is C11H12Cl2N2O5S. The van der Waals surface area contributed by atoms with Crippen LogP contribution in [0.4, 0.5) is 5.69 Å². The van der Waals surface area contributed by atoms with E-state index in [4.69, 9.17) is 27.9 Å². The molecular weight excluding hydrogens is 343 g/mol. The Balaban J connectivity index is 2.49. The molecule has 1 atom stereocenters. The van der Waals surface area contributed by atoms with Gasteiger partial charge < -0.3 is 4.74 Å². The molecule has 1 aliphatic rings. The van der Waals surface area contributed by atoms with E-state index in [1.54, 1.807) is 6.92 Å². The molecule has 0 amide bonds. The van der Waals surface area contributed by atoms with Gasteiger partial charge in [-0.3, -0.25) is 10.1 Å². The fraction of sp³-hybridized carbons (Fsp3) is 0.455. The Hall–Kier alpha value is -0.930. The van der Waals surface area contributed by atoms with E-state index >= 15 is 0 Å². The van der Waals surface area contributed by atoms with Crippen LogP contribution in [-0.4, -0.2) is 25.7 Å². The first-order chi connectivity index (χ1) is 9.66. The van der Waals surface area contributed by atoms with Crippen molar-refractivity contribution in [3.05, 3.63) is 32.3 Å². The van der Waals surface area contributed by atoms with Crippen molar-refractivity contribution >= 4 is 38.9 Å². The third-order valence-electron chi connectivity index (χ3n) is 3.06. The number of nitro benzene ring substituents is 1. The summed E-state index contributed by atoms with van der Waals surface area (Å²) >= 11 is 11.7. The fourth-order valence-electron chi connectivity index (χ4n) is 2.10. The van der Waals surface area contributed by atoms with Crippen molar-refractivity contribution in [2.24, 2.45) is 0 Å². The van der Waals surface area contributed by atoms with Gasteiger partial charge in [-0.2, -0.15) is 4.72 Å². The number of hydrogen-bond donors (Lipinski definition) is 1. The lowest BCUT2D eigenvalue weighted by Gasteiger charge is -2.24. The van der Waals surface area contributed by atoms with Crippen LogP contribution in [0.25, 0.3) is 0 Å². The van der Waals surface area contributed by atoms with Gasteiger partial charge in [-0.05, 0) is 25.8 Å². The summed E-state index contributed by atoms with van der Waals surface area (Å²) in [4.78, 5) is 9.57. The molecule has 10 heteroatoms. The topological polar surface area (TPSA) is 98.5 Å². The lowest BCUT2D eigenvalue weighted by molar-refractivity contribution is -0.384. The highest BCUT2D eigenvalue weighted by atomic mass is 35.5. The maximum atomic E-state index is 12.4. The molecule has 1 N–H and O–H groups in total. The van der Waals surface area contributed by atoms with Crippen LogP contribution in [0.3, 0.4) is 0 Å². The third-order valence-corrected chi connectivity index (χ3v) is 5.65. The van der Waals surface area contributed by atoms with E-state index in [2.05, 4.69) is 4.72 Å². The van der Waals surface area contributed by atoms with Gasteiger partial charge in [0.05, 0.1) is 9.95 Å². The summed E-state index contributed by atoms with van der Waals surface area (Å²) in [5, 5.41) is 10.1. The highest BCUT2D eigenvalue weighted by molar-refractivity contribution is 7.89. The zero-order valence-electron chi connectivity index (χ0n) is 10.9. The van der Waals surface area contributed by atoms with Gasteiger partial charge in [0.25, 0.3) is 5.69 Å². The zero-order valence-corrected chi connectivity index (χ0v) is 13.3. The monoisotopic (exact) mass is 354 g/mol. The van der Waals surface area contributed by atoms with E-state index in [9.17, 15) is 18.5 Å². The summed E-state index contributed by atoms with van der Waals surface area (Å²) in [5.41, 5.74) is -1.60. The summed E-state index contributed by atoms with van der Waals surface area (Å²) < 4.78 is 32.6. The molecule has 21 heavy (non-hydrogen) atoms. The van der Waals surface area contributed by atoms with E-state index in [1.165, 1.54) is 0 Å². The van der Waals surface area contributed by atoms with E-state index < -0.39 is 36.3 Å². The lowest BCUT2D eigenvalue weighted by atomic mass is 10.2. The molecule has 1 heterocycles. The van der Waals surface area contributed by atoms with Crippen LogP contribution in [0, 0.1) is 10.1 Å². The molecule has 0 aliphatic carbocycles. The Morgan fingerprint density at radius 3 is 2.62 bits per heavy atom. The van der Waals surface area contributed by atoms with Crippen molar-refractivity contribution < 1.29 is 18.1 Å². The van der Waals surface area contributed by atoms with E-state index in [0.29, 0.717) is 19.4 Å². The van der Waals surface area contributed by atoms with Gasteiger partial charge in [-0.1, -0.05) is 23.2 Å². The molecule has 1 fully saturated rings. The second kappa shape index (κ2) is 5.69. The Morgan fingerprint density at radius 1 is 1.43 bits per heavy atom. The Bertz CT molecular complexity index is 686. The van der Waals surface area contributed by atoms with Gasteiger partial charge in [0.1, 0.15) is 15.6 Å². The number of nitro groups is 1. The van der Waals surface area contributed by atoms with E-state index in [1.807, 2.05) is 0 Å². The first kappa shape index (κ1) is 16.4. The summed E-state index contributed by atoms with van der Waals surface area (Å²) in [5.74, 6) is 0. The normalized spacial score (nSPS) is 22.4. The molecule has 0 radical (unpaired) electrons. The molecule has 0 bridgehead atoms. The number of hydrogen-bond acceptors (Lipinski definition) is 5. The number of benzene rings is 1. The average Bonchev–Trinajstić information content (AvgIpc) is 2.73. The van der Waals surface area contributed by atoms with Gasteiger partial charge in [-0.25, -0.2) is 8.42 Å². The smallest absolute Gasteiger partial charge is 0.289 e. The summed E-state index contributed by atoms with van der Waals surface area (Å²) in [6, 6.07) is 2.18. The molecule has 1 saturated heterocycles. The minimum Gasteiger partial charge on any atom is -0.360 e. The second-order valence-corrected chi connectivity index (χ2v) is 7.16. The summed E-state index contributed by atoms with van der Waals surface area (Å²) in [7, 11) is -4.16. The minimum atomic E-state index is -4.16. The third kappa shape index (κ3) is 3.29. The van der Waals surface area contributed by atoms with E-state index in [-0.39, 0.29) is 5.02 Å². The average molecular weight is 355 g/mol. The molecule has 1 aromatic carbocycles. The maximum absolute atomic E-state index is 12.4.